The molecular formula is C12H24N2O. The summed E-state index contributed by atoms with van der Waals surface area (Å²) >= 11 is 0. The van der Waals surface area contributed by atoms with E-state index >= 15 is 0 Å². The molecule has 1 amide bonds. The third-order valence-electron chi connectivity index (χ3n) is 3.19. The Morgan fingerprint density at radius 3 is 2.33 bits per heavy atom. The van der Waals surface area contributed by atoms with Gasteiger partial charge in [0.1, 0.15) is 0 Å². The molecule has 1 fully saturated rings. The normalized spacial score (nSPS) is 18.9. The first kappa shape index (κ1) is 12.5. The molecule has 0 N–H and O–H groups in total. The Morgan fingerprint density at radius 1 is 1.40 bits per heavy atom. The Bertz CT molecular complexity index is 208. The Morgan fingerprint density at radius 2 is 1.93 bits per heavy atom. The second-order valence-corrected chi connectivity index (χ2v) is 5.07. The number of carbonyl (C=O) groups excluding carboxylic acids is 1. The van der Waals surface area contributed by atoms with Crippen molar-refractivity contribution in [3.63, 3.8) is 0 Å². The van der Waals surface area contributed by atoms with Crippen molar-refractivity contribution in [2.24, 2.45) is 5.92 Å². The predicted molar refractivity (Wildman–Crippen MR) is 62.7 cm³/mol. The molecule has 0 unspecified atom stereocenters. The van der Waals surface area contributed by atoms with Crippen LogP contribution in [0.15, 0.2) is 0 Å². The number of hydrogen-bond donors (Lipinski definition) is 0. The van der Waals surface area contributed by atoms with E-state index in [9.17, 15) is 4.79 Å². The second-order valence-electron chi connectivity index (χ2n) is 5.07. The molecule has 3 nitrogen and oxygen atoms in total. The number of hydrogen-bond acceptors (Lipinski definition) is 2. The fraction of sp³-hybridized carbons (Fsp3) is 0.917. The molecule has 1 aliphatic heterocycles. The summed E-state index contributed by atoms with van der Waals surface area (Å²) in [6.07, 6.45) is 2.26. The lowest BCUT2D eigenvalue weighted by atomic mass is 10.0. The highest BCUT2D eigenvalue weighted by atomic mass is 16.2. The number of likely N-dealkylation sites (tertiary alicyclic amines) is 1. The van der Waals surface area contributed by atoms with Crippen molar-refractivity contribution in [3.8, 4) is 0 Å². The van der Waals surface area contributed by atoms with Gasteiger partial charge in [0.15, 0.2) is 0 Å². The molecule has 0 bridgehead atoms. The van der Waals surface area contributed by atoms with Crippen molar-refractivity contribution in [2.45, 2.75) is 39.7 Å². The maximum atomic E-state index is 11.2. The second kappa shape index (κ2) is 5.50. The first-order chi connectivity index (χ1) is 7.00. The number of nitrogens with zero attached hydrogens (tertiary/aromatic N) is 2. The van der Waals surface area contributed by atoms with Crippen molar-refractivity contribution in [1.82, 2.24) is 9.80 Å². The monoisotopic (exact) mass is 212 g/mol. The summed E-state index contributed by atoms with van der Waals surface area (Å²) in [6, 6.07) is 0.669. The van der Waals surface area contributed by atoms with E-state index in [1.807, 2.05) is 4.90 Å². The van der Waals surface area contributed by atoms with Gasteiger partial charge >= 0.3 is 0 Å². The van der Waals surface area contributed by atoms with Crippen molar-refractivity contribution in [1.29, 1.82) is 0 Å². The Kier molecular flexibility index (Phi) is 4.58. The van der Waals surface area contributed by atoms with E-state index in [0.717, 1.165) is 38.4 Å². The molecule has 15 heavy (non-hydrogen) atoms. The van der Waals surface area contributed by atoms with Crippen LogP contribution in [0.1, 0.15) is 33.6 Å². The van der Waals surface area contributed by atoms with Gasteiger partial charge in [-0.15, -0.1) is 0 Å². The highest BCUT2D eigenvalue weighted by Crippen LogP contribution is 2.16. The number of piperidine rings is 1. The minimum absolute atomic E-state index is 0.222. The van der Waals surface area contributed by atoms with E-state index in [0.29, 0.717) is 6.04 Å². The Labute approximate surface area is 93.4 Å². The van der Waals surface area contributed by atoms with Gasteiger partial charge in [-0.2, -0.15) is 0 Å². The highest BCUT2D eigenvalue weighted by Gasteiger charge is 2.23. The molecule has 0 aromatic rings. The molecule has 3 heteroatoms. The summed E-state index contributed by atoms with van der Waals surface area (Å²) in [4.78, 5) is 15.6. The molecule has 1 aliphatic rings. The quantitative estimate of drug-likeness (QED) is 0.709. The van der Waals surface area contributed by atoms with Gasteiger partial charge in [-0.25, -0.2) is 0 Å². The van der Waals surface area contributed by atoms with Crippen LogP contribution in [0, 0.1) is 5.92 Å². The molecule has 0 aliphatic carbocycles. The van der Waals surface area contributed by atoms with Gasteiger partial charge < -0.3 is 9.80 Å². The molecule has 0 aromatic heterocycles. The zero-order valence-electron chi connectivity index (χ0n) is 10.5. The van der Waals surface area contributed by atoms with Crippen LogP contribution < -0.4 is 0 Å². The standard InChI is InChI=1S/C12H24N2O/c1-10(2)9-13(4)12-5-7-14(8-6-12)11(3)15/h10,12H,5-9H2,1-4H3. The van der Waals surface area contributed by atoms with Crippen LogP contribution >= 0.6 is 0 Å². The van der Waals surface area contributed by atoms with Crippen LogP contribution in [-0.4, -0.2) is 48.4 Å². The first-order valence-electron chi connectivity index (χ1n) is 5.96. The van der Waals surface area contributed by atoms with Gasteiger partial charge in [-0.3, -0.25) is 4.79 Å². The average molecular weight is 212 g/mol. The molecule has 88 valence electrons. The van der Waals surface area contributed by atoms with Gasteiger partial charge in [-0.1, -0.05) is 13.8 Å². The molecule has 0 radical (unpaired) electrons. The average Bonchev–Trinajstić information content (AvgIpc) is 2.17. The largest absolute Gasteiger partial charge is 0.343 e. The van der Waals surface area contributed by atoms with Crippen molar-refractivity contribution < 1.29 is 4.79 Å². The SMILES string of the molecule is CC(=O)N1CCC(N(C)CC(C)C)CC1. The molecule has 0 aromatic carbocycles. The van der Waals surface area contributed by atoms with Crippen molar-refractivity contribution >= 4 is 5.91 Å². The van der Waals surface area contributed by atoms with E-state index in [1.165, 1.54) is 0 Å². The minimum atomic E-state index is 0.222. The smallest absolute Gasteiger partial charge is 0.219 e. The van der Waals surface area contributed by atoms with Gasteiger partial charge in [0.25, 0.3) is 0 Å². The number of carbonyl (C=O) groups is 1. The lowest BCUT2D eigenvalue weighted by molar-refractivity contribution is -0.130. The molecule has 1 rings (SSSR count). The summed E-state index contributed by atoms with van der Waals surface area (Å²) in [5.74, 6) is 0.945. The van der Waals surface area contributed by atoms with E-state index in [1.54, 1.807) is 6.92 Å². The van der Waals surface area contributed by atoms with Crippen molar-refractivity contribution in [3.05, 3.63) is 0 Å². The van der Waals surface area contributed by atoms with Crippen molar-refractivity contribution in [2.75, 3.05) is 26.7 Å². The predicted octanol–water partition coefficient (Wildman–Crippen LogP) is 1.59. The summed E-state index contributed by atoms with van der Waals surface area (Å²) in [5, 5.41) is 0. The van der Waals surface area contributed by atoms with E-state index in [2.05, 4.69) is 25.8 Å². The third kappa shape index (κ3) is 3.82. The maximum absolute atomic E-state index is 11.2. The van der Waals surface area contributed by atoms with Gasteiger partial charge in [-0.05, 0) is 25.8 Å². The number of rotatable bonds is 3. The van der Waals surface area contributed by atoms with Crippen LogP contribution in [0.2, 0.25) is 0 Å². The van der Waals surface area contributed by atoms with Crippen LogP contribution in [0.3, 0.4) is 0 Å². The van der Waals surface area contributed by atoms with E-state index in [-0.39, 0.29) is 5.91 Å². The van der Waals surface area contributed by atoms with E-state index in [4.69, 9.17) is 0 Å². The van der Waals surface area contributed by atoms with Gasteiger partial charge in [0, 0.05) is 32.6 Å². The Hall–Kier alpha value is -0.570. The molecule has 1 heterocycles. The topological polar surface area (TPSA) is 23.6 Å². The van der Waals surface area contributed by atoms with Crippen LogP contribution in [0.5, 0.6) is 0 Å². The minimum Gasteiger partial charge on any atom is -0.343 e. The van der Waals surface area contributed by atoms with Crippen LogP contribution in [0.4, 0.5) is 0 Å². The molecular weight excluding hydrogens is 188 g/mol. The fourth-order valence-electron chi connectivity index (χ4n) is 2.35. The number of amides is 1. The third-order valence-corrected chi connectivity index (χ3v) is 3.19. The Balaban J connectivity index is 2.33. The lowest BCUT2D eigenvalue weighted by Crippen LogP contribution is -2.45. The fourth-order valence-corrected chi connectivity index (χ4v) is 2.35. The van der Waals surface area contributed by atoms with Gasteiger partial charge in [0.05, 0.1) is 0 Å². The van der Waals surface area contributed by atoms with Gasteiger partial charge in [0.2, 0.25) is 5.91 Å². The lowest BCUT2D eigenvalue weighted by Gasteiger charge is -2.37. The summed E-state index contributed by atoms with van der Waals surface area (Å²) < 4.78 is 0. The summed E-state index contributed by atoms with van der Waals surface area (Å²) in [6.45, 7) is 9.19. The first-order valence-corrected chi connectivity index (χ1v) is 5.96. The summed E-state index contributed by atoms with van der Waals surface area (Å²) in [7, 11) is 2.20. The molecule has 0 atom stereocenters. The van der Waals surface area contributed by atoms with E-state index < -0.39 is 0 Å². The highest BCUT2D eigenvalue weighted by molar-refractivity contribution is 5.73. The molecule has 0 saturated carbocycles. The zero-order valence-corrected chi connectivity index (χ0v) is 10.5. The molecule has 1 saturated heterocycles. The summed E-state index contributed by atoms with van der Waals surface area (Å²) in [5.41, 5.74) is 0. The van der Waals surface area contributed by atoms with Crippen LogP contribution in [-0.2, 0) is 4.79 Å². The van der Waals surface area contributed by atoms with Crippen LogP contribution in [0.25, 0.3) is 0 Å². The zero-order chi connectivity index (χ0) is 11.4. The maximum Gasteiger partial charge on any atom is 0.219 e. The molecule has 0 spiro atoms.